The minimum atomic E-state index is -0.127. The number of amides is 3. The third-order valence-corrected chi connectivity index (χ3v) is 4.26. The van der Waals surface area contributed by atoms with E-state index in [1.807, 2.05) is 37.3 Å². The molecule has 2 aromatic rings. The Morgan fingerprint density at radius 2 is 2.00 bits per heavy atom. The highest BCUT2D eigenvalue weighted by Gasteiger charge is 2.22. The fraction of sp³-hybridized carbons (Fsp3) is 0.300. The summed E-state index contributed by atoms with van der Waals surface area (Å²) in [7, 11) is 1.77. The molecule has 1 fully saturated rings. The van der Waals surface area contributed by atoms with Gasteiger partial charge < -0.3 is 15.0 Å². The van der Waals surface area contributed by atoms with E-state index in [1.54, 1.807) is 35.0 Å². The molecule has 26 heavy (non-hydrogen) atoms. The molecular formula is C20H23N3O3. The van der Waals surface area contributed by atoms with E-state index in [-0.39, 0.29) is 11.9 Å². The molecular weight excluding hydrogens is 330 g/mol. The summed E-state index contributed by atoms with van der Waals surface area (Å²) in [6, 6.07) is 14.8. The molecule has 136 valence electrons. The smallest absolute Gasteiger partial charge is 0.321 e. The number of carbonyl (C=O) groups is 2. The molecule has 2 aromatic carbocycles. The van der Waals surface area contributed by atoms with Gasteiger partial charge in [-0.25, -0.2) is 4.79 Å². The molecule has 3 amide bonds. The first-order valence-corrected chi connectivity index (χ1v) is 8.71. The number of ether oxygens (including phenoxy) is 1. The van der Waals surface area contributed by atoms with Crippen molar-refractivity contribution in [3.63, 3.8) is 0 Å². The van der Waals surface area contributed by atoms with Crippen molar-refractivity contribution in [1.82, 2.24) is 10.2 Å². The molecule has 0 radical (unpaired) electrons. The van der Waals surface area contributed by atoms with Crippen molar-refractivity contribution in [2.45, 2.75) is 13.5 Å². The summed E-state index contributed by atoms with van der Waals surface area (Å²) in [5.74, 6) is 0.738. The zero-order valence-corrected chi connectivity index (χ0v) is 15.1. The summed E-state index contributed by atoms with van der Waals surface area (Å²) >= 11 is 0. The molecule has 6 nitrogen and oxygen atoms in total. The van der Waals surface area contributed by atoms with Gasteiger partial charge in [-0.1, -0.05) is 18.2 Å². The maximum absolute atomic E-state index is 12.7. The third-order valence-electron chi connectivity index (χ3n) is 4.26. The summed E-state index contributed by atoms with van der Waals surface area (Å²) in [5, 5.41) is 2.77. The van der Waals surface area contributed by atoms with Crippen LogP contribution in [0.25, 0.3) is 0 Å². The number of carbonyl (C=O) groups excluding carboxylic acids is 2. The van der Waals surface area contributed by atoms with Crippen molar-refractivity contribution >= 4 is 17.6 Å². The van der Waals surface area contributed by atoms with E-state index in [0.717, 1.165) is 17.0 Å². The molecule has 0 aromatic heterocycles. The van der Waals surface area contributed by atoms with Crippen LogP contribution in [0, 0.1) is 0 Å². The number of anilines is 1. The van der Waals surface area contributed by atoms with Crippen LogP contribution in [-0.4, -0.2) is 43.6 Å². The van der Waals surface area contributed by atoms with Gasteiger partial charge in [0.25, 0.3) is 5.91 Å². The van der Waals surface area contributed by atoms with Crippen molar-refractivity contribution in [1.29, 1.82) is 0 Å². The van der Waals surface area contributed by atoms with Crippen molar-refractivity contribution < 1.29 is 14.3 Å². The number of benzene rings is 2. The number of hydrogen-bond acceptors (Lipinski definition) is 3. The highest BCUT2D eigenvalue weighted by Crippen LogP contribution is 2.20. The van der Waals surface area contributed by atoms with Gasteiger partial charge in [-0.3, -0.25) is 9.69 Å². The lowest BCUT2D eigenvalue weighted by atomic mass is 10.1. The van der Waals surface area contributed by atoms with Gasteiger partial charge in [0.05, 0.1) is 6.61 Å². The zero-order valence-electron chi connectivity index (χ0n) is 15.1. The summed E-state index contributed by atoms with van der Waals surface area (Å²) in [6.45, 7) is 4.30. The first-order valence-electron chi connectivity index (χ1n) is 8.71. The SMILES string of the molecule is CCOc1ccc(CN(C)C(=O)c2cccc(N3CCNC3=O)c2)cc1. The van der Waals surface area contributed by atoms with Gasteiger partial charge in [0, 0.05) is 37.9 Å². The van der Waals surface area contributed by atoms with Crippen molar-refractivity contribution in [3.8, 4) is 5.75 Å². The summed E-state index contributed by atoms with van der Waals surface area (Å²) in [4.78, 5) is 27.9. The van der Waals surface area contributed by atoms with E-state index in [2.05, 4.69) is 5.32 Å². The Morgan fingerprint density at radius 1 is 1.23 bits per heavy atom. The van der Waals surface area contributed by atoms with Crippen LogP contribution in [0.4, 0.5) is 10.5 Å². The Hall–Kier alpha value is -3.02. The largest absolute Gasteiger partial charge is 0.494 e. The predicted molar refractivity (Wildman–Crippen MR) is 101 cm³/mol. The van der Waals surface area contributed by atoms with E-state index < -0.39 is 0 Å². The number of nitrogens with zero attached hydrogens (tertiary/aromatic N) is 2. The summed E-state index contributed by atoms with van der Waals surface area (Å²) in [5.41, 5.74) is 2.33. The second-order valence-corrected chi connectivity index (χ2v) is 6.17. The molecule has 1 N–H and O–H groups in total. The minimum Gasteiger partial charge on any atom is -0.494 e. The van der Waals surface area contributed by atoms with Crippen molar-refractivity contribution in [2.75, 3.05) is 31.6 Å². The molecule has 3 rings (SSSR count). The number of hydrogen-bond donors (Lipinski definition) is 1. The quantitative estimate of drug-likeness (QED) is 0.869. The lowest BCUT2D eigenvalue weighted by molar-refractivity contribution is 0.0785. The zero-order chi connectivity index (χ0) is 18.5. The fourth-order valence-electron chi connectivity index (χ4n) is 2.95. The standard InChI is InChI=1S/C20H23N3O3/c1-3-26-18-9-7-15(8-10-18)14-22(2)19(24)16-5-4-6-17(13-16)23-12-11-21-20(23)25/h4-10,13H,3,11-12,14H2,1-2H3,(H,21,25). The molecule has 0 atom stereocenters. The van der Waals surface area contributed by atoms with Gasteiger partial charge in [0.1, 0.15) is 5.75 Å². The summed E-state index contributed by atoms with van der Waals surface area (Å²) < 4.78 is 5.44. The van der Waals surface area contributed by atoms with Crippen molar-refractivity contribution in [3.05, 3.63) is 59.7 Å². The van der Waals surface area contributed by atoms with Gasteiger partial charge in [-0.15, -0.1) is 0 Å². The van der Waals surface area contributed by atoms with E-state index in [0.29, 0.717) is 31.8 Å². The lowest BCUT2D eigenvalue weighted by Gasteiger charge is -2.19. The van der Waals surface area contributed by atoms with Crippen LogP contribution >= 0.6 is 0 Å². The Labute approximate surface area is 153 Å². The molecule has 0 aliphatic carbocycles. The minimum absolute atomic E-state index is 0.0830. The molecule has 1 saturated heterocycles. The molecule has 0 unspecified atom stereocenters. The number of urea groups is 1. The van der Waals surface area contributed by atoms with Crippen LogP contribution in [0.1, 0.15) is 22.8 Å². The van der Waals surface area contributed by atoms with E-state index in [1.165, 1.54) is 0 Å². The topological polar surface area (TPSA) is 61.9 Å². The van der Waals surface area contributed by atoms with Gasteiger partial charge >= 0.3 is 6.03 Å². The van der Waals surface area contributed by atoms with Crippen LogP contribution in [0.2, 0.25) is 0 Å². The van der Waals surface area contributed by atoms with Crippen LogP contribution in [0.5, 0.6) is 5.75 Å². The van der Waals surface area contributed by atoms with Gasteiger partial charge in [0.15, 0.2) is 0 Å². The second-order valence-electron chi connectivity index (χ2n) is 6.17. The monoisotopic (exact) mass is 353 g/mol. The number of nitrogens with one attached hydrogen (secondary N) is 1. The average molecular weight is 353 g/mol. The molecule has 1 heterocycles. The molecule has 0 spiro atoms. The van der Waals surface area contributed by atoms with Crippen LogP contribution in [0.3, 0.4) is 0 Å². The first kappa shape index (κ1) is 17.8. The normalized spacial score (nSPS) is 13.5. The molecule has 1 aliphatic rings. The maximum atomic E-state index is 12.7. The fourth-order valence-corrected chi connectivity index (χ4v) is 2.95. The first-order chi connectivity index (χ1) is 12.6. The van der Waals surface area contributed by atoms with Crippen LogP contribution in [0.15, 0.2) is 48.5 Å². The molecule has 0 bridgehead atoms. The van der Waals surface area contributed by atoms with Gasteiger partial charge in [-0.2, -0.15) is 0 Å². The van der Waals surface area contributed by atoms with Gasteiger partial charge in [0.2, 0.25) is 0 Å². The predicted octanol–water partition coefficient (Wildman–Crippen LogP) is 2.89. The van der Waals surface area contributed by atoms with Crippen molar-refractivity contribution in [2.24, 2.45) is 0 Å². The van der Waals surface area contributed by atoms with E-state index >= 15 is 0 Å². The number of rotatable bonds is 6. The molecule has 6 heteroatoms. The maximum Gasteiger partial charge on any atom is 0.321 e. The average Bonchev–Trinajstić information content (AvgIpc) is 3.09. The molecule has 0 saturated carbocycles. The Kier molecular flexibility index (Phi) is 5.41. The van der Waals surface area contributed by atoms with E-state index in [4.69, 9.17) is 4.74 Å². The second kappa shape index (κ2) is 7.91. The lowest BCUT2D eigenvalue weighted by Crippen LogP contribution is -2.29. The highest BCUT2D eigenvalue weighted by atomic mass is 16.5. The van der Waals surface area contributed by atoms with Gasteiger partial charge in [-0.05, 0) is 42.8 Å². The van der Waals surface area contributed by atoms with E-state index in [9.17, 15) is 9.59 Å². The third kappa shape index (κ3) is 3.96. The Morgan fingerprint density at radius 3 is 2.65 bits per heavy atom. The van der Waals surface area contributed by atoms with Crippen LogP contribution in [-0.2, 0) is 6.54 Å². The Balaban J connectivity index is 1.69. The summed E-state index contributed by atoms with van der Waals surface area (Å²) in [6.07, 6.45) is 0. The Bertz CT molecular complexity index is 789. The highest BCUT2D eigenvalue weighted by molar-refractivity contribution is 5.98. The molecule has 1 aliphatic heterocycles. The van der Waals surface area contributed by atoms with Crippen LogP contribution < -0.4 is 15.0 Å².